The van der Waals surface area contributed by atoms with Crippen molar-refractivity contribution in [2.24, 2.45) is 0 Å². The fraction of sp³-hybridized carbons (Fsp3) is 0.474. The second-order valence-electron chi connectivity index (χ2n) is 7.62. The van der Waals surface area contributed by atoms with Crippen LogP contribution in [0.2, 0.25) is 0 Å². The molecule has 0 radical (unpaired) electrons. The van der Waals surface area contributed by atoms with Gasteiger partial charge in [-0.2, -0.15) is 0 Å². The molecule has 10 nitrogen and oxygen atoms in total. The maximum Gasteiger partial charge on any atom is 0.459 e. The number of hydrogen-bond acceptors (Lipinski definition) is 7. The average molecular weight is 457 g/mol. The molecule has 12 heteroatoms. The number of aliphatic hydroxyl groups is 1. The Labute approximate surface area is 177 Å². The van der Waals surface area contributed by atoms with E-state index in [-0.39, 0.29) is 6.04 Å². The number of rotatable bonds is 8. The molecule has 0 aliphatic carbocycles. The highest BCUT2D eigenvalue weighted by Crippen LogP contribution is 2.47. The summed E-state index contributed by atoms with van der Waals surface area (Å²) in [4.78, 5) is 25.3. The smallest absolute Gasteiger partial charge is 0.413 e. The summed E-state index contributed by atoms with van der Waals surface area (Å²) >= 11 is 0. The third kappa shape index (κ3) is 5.31. The van der Waals surface area contributed by atoms with E-state index in [1.807, 2.05) is 4.98 Å². The molecule has 5 atom stereocenters. The summed E-state index contributed by atoms with van der Waals surface area (Å²) in [5.41, 5.74) is -3.94. The summed E-state index contributed by atoms with van der Waals surface area (Å²) in [6.07, 6.45) is -3.43. The zero-order chi connectivity index (χ0) is 22.8. The fourth-order valence-corrected chi connectivity index (χ4v) is 4.72. The molecule has 1 aliphatic heterocycles. The lowest BCUT2D eigenvalue weighted by atomic mass is 9.98. The van der Waals surface area contributed by atoms with E-state index in [0.29, 0.717) is 5.75 Å². The van der Waals surface area contributed by atoms with Crippen molar-refractivity contribution in [3.8, 4) is 5.75 Å². The van der Waals surface area contributed by atoms with Crippen LogP contribution in [0.5, 0.6) is 5.75 Å². The third-order valence-electron chi connectivity index (χ3n) is 4.61. The quantitative estimate of drug-likeness (QED) is 0.511. The van der Waals surface area contributed by atoms with Gasteiger partial charge in [-0.3, -0.25) is 18.9 Å². The van der Waals surface area contributed by atoms with Crippen molar-refractivity contribution in [3.05, 3.63) is 63.4 Å². The van der Waals surface area contributed by atoms with Crippen LogP contribution in [-0.2, 0) is 13.8 Å². The van der Waals surface area contributed by atoms with E-state index in [1.165, 1.54) is 0 Å². The minimum absolute atomic E-state index is 0.275. The van der Waals surface area contributed by atoms with Gasteiger partial charge in [-0.1, -0.05) is 18.2 Å². The lowest BCUT2D eigenvalue weighted by Crippen LogP contribution is -2.43. The van der Waals surface area contributed by atoms with Gasteiger partial charge in [-0.15, -0.1) is 0 Å². The zero-order valence-corrected chi connectivity index (χ0v) is 18.1. The van der Waals surface area contributed by atoms with Crippen LogP contribution in [0.25, 0.3) is 0 Å². The highest BCUT2D eigenvalue weighted by atomic mass is 31.2. The maximum absolute atomic E-state index is 15.3. The fourth-order valence-electron chi connectivity index (χ4n) is 3.16. The van der Waals surface area contributed by atoms with Gasteiger partial charge in [0.15, 0.2) is 11.9 Å². The molecule has 0 spiro atoms. The molecule has 1 fully saturated rings. The number of aromatic amines is 1. The highest BCUT2D eigenvalue weighted by Gasteiger charge is 2.55. The molecule has 1 aromatic carbocycles. The molecule has 3 rings (SSSR count). The summed E-state index contributed by atoms with van der Waals surface area (Å²) < 4.78 is 45.8. The monoisotopic (exact) mass is 457 g/mol. The van der Waals surface area contributed by atoms with Crippen LogP contribution < -0.4 is 20.9 Å². The first kappa shape index (κ1) is 23.4. The van der Waals surface area contributed by atoms with Gasteiger partial charge < -0.3 is 14.4 Å². The van der Waals surface area contributed by atoms with Gasteiger partial charge in [0.2, 0.25) is 0 Å². The predicted molar refractivity (Wildman–Crippen MR) is 110 cm³/mol. The molecule has 1 saturated heterocycles. The SMILES string of the molecule is CC(C)NP(=O)(OC[C@H]1O[C@@H](n2ccc(=O)[nH]c2=O)C(C)(F)[C@H]1O)Oc1ccccc1. The topological polar surface area (TPSA) is 132 Å². The van der Waals surface area contributed by atoms with Crippen LogP contribution >= 0.6 is 7.75 Å². The van der Waals surface area contributed by atoms with Crippen molar-refractivity contribution < 1.29 is 27.8 Å². The summed E-state index contributed by atoms with van der Waals surface area (Å²) in [7, 11) is -3.91. The number of H-pyrrole nitrogens is 1. The van der Waals surface area contributed by atoms with Gasteiger partial charge in [0, 0.05) is 18.3 Å². The van der Waals surface area contributed by atoms with Gasteiger partial charge in [-0.25, -0.2) is 18.8 Å². The largest absolute Gasteiger partial charge is 0.459 e. The van der Waals surface area contributed by atoms with Crippen LogP contribution in [0, 0.1) is 0 Å². The van der Waals surface area contributed by atoms with E-state index in [9.17, 15) is 19.3 Å². The summed E-state index contributed by atoms with van der Waals surface area (Å²) in [5.74, 6) is 0.292. The minimum Gasteiger partial charge on any atom is -0.413 e. The maximum atomic E-state index is 15.3. The van der Waals surface area contributed by atoms with E-state index in [2.05, 4.69) is 5.09 Å². The van der Waals surface area contributed by atoms with Crippen molar-refractivity contribution in [1.82, 2.24) is 14.6 Å². The Hall–Kier alpha value is -2.30. The van der Waals surface area contributed by atoms with E-state index < -0.39 is 49.7 Å². The Morgan fingerprint density at radius 3 is 2.61 bits per heavy atom. The van der Waals surface area contributed by atoms with Gasteiger partial charge in [0.25, 0.3) is 5.56 Å². The van der Waals surface area contributed by atoms with Crippen LogP contribution in [-0.4, -0.2) is 45.2 Å². The summed E-state index contributed by atoms with van der Waals surface area (Å²) in [5, 5.41) is 13.2. The summed E-state index contributed by atoms with van der Waals surface area (Å²) in [6, 6.07) is 9.10. The zero-order valence-electron chi connectivity index (χ0n) is 17.2. The standard InChI is InChI=1S/C19H25FN3O7P/c1-12(2)22-31(27,30-13-7-5-4-6-8-13)28-11-14-16(25)19(3,20)17(29-14)23-10-9-15(24)21-18(23)26/h4-10,12,14,16-17,25H,11H2,1-3H3,(H,22,27)(H,21,24,26)/t14-,16+,17-,19?,31?/m1/s1. The number of nitrogens with one attached hydrogen (secondary N) is 2. The Morgan fingerprint density at radius 1 is 1.32 bits per heavy atom. The van der Waals surface area contributed by atoms with Gasteiger partial charge in [-0.05, 0) is 32.9 Å². The average Bonchev–Trinajstić information content (AvgIpc) is 2.90. The first-order chi connectivity index (χ1) is 14.5. The number of nitrogens with zero attached hydrogens (tertiary/aromatic N) is 1. The molecule has 1 aliphatic rings. The number of para-hydroxylation sites is 1. The molecule has 2 aromatic rings. The number of benzene rings is 1. The highest BCUT2D eigenvalue weighted by molar-refractivity contribution is 7.52. The molecule has 2 heterocycles. The molecule has 0 bridgehead atoms. The molecular formula is C19H25FN3O7P. The van der Waals surface area contributed by atoms with Crippen molar-refractivity contribution >= 4 is 7.75 Å². The Morgan fingerprint density at radius 2 is 2.00 bits per heavy atom. The predicted octanol–water partition coefficient (Wildman–Crippen LogP) is 1.72. The molecular weight excluding hydrogens is 432 g/mol. The third-order valence-corrected chi connectivity index (χ3v) is 6.39. The van der Waals surface area contributed by atoms with Crippen LogP contribution in [0.15, 0.2) is 52.2 Å². The van der Waals surface area contributed by atoms with Crippen molar-refractivity contribution in [1.29, 1.82) is 0 Å². The van der Waals surface area contributed by atoms with E-state index in [1.54, 1.807) is 44.2 Å². The summed E-state index contributed by atoms with van der Waals surface area (Å²) in [6.45, 7) is 4.05. The number of aromatic nitrogens is 2. The lowest BCUT2D eigenvalue weighted by Gasteiger charge is -2.25. The number of halogens is 1. The van der Waals surface area contributed by atoms with Crippen molar-refractivity contribution in [2.45, 2.75) is 50.9 Å². The second-order valence-corrected chi connectivity index (χ2v) is 9.32. The first-order valence-corrected chi connectivity index (χ1v) is 11.2. The van der Waals surface area contributed by atoms with E-state index in [4.69, 9.17) is 13.8 Å². The molecule has 2 unspecified atom stereocenters. The van der Waals surface area contributed by atoms with Crippen molar-refractivity contribution in [3.63, 3.8) is 0 Å². The normalized spacial score (nSPS) is 27.9. The number of hydrogen-bond donors (Lipinski definition) is 3. The van der Waals surface area contributed by atoms with Crippen molar-refractivity contribution in [2.75, 3.05) is 6.61 Å². The Kier molecular flexibility index (Phi) is 6.82. The molecule has 170 valence electrons. The lowest BCUT2D eigenvalue weighted by molar-refractivity contribution is -0.0593. The van der Waals surface area contributed by atoms with Gasteiger partial charge >= 0.3 is 13.4 Å². The number of alkyl halides is 1. The Bertz CT molecular complexity index is 1060. The Balaban J connectivity index is 1.78. The van der Waals surface area contributed by atoms with E-state index in [0.717, 1.165) is 23.8 Å². The number of ether oxygens (including phenoxy) is 1. The molecule has 0 saturated carbocycles. The molecule has 1 aromatic heterocycles. The molecule has 31 heavy (non-hydrogen) atoms. The minimum atomic E-state index is -3.91. The number of aliphatic hydroxyl groups excluding tert-OH is 1. The van der Waals surface area contributed by atoms with Gasteiger partial charge in [0.05, 0.1) is 6.61 Å². The van der Waals surface area contributed by atoms with Crippen LogP contribution in [0.3, 0.4) is 0 Å². The van der Waals surface area contributed by atoms with Crippen LogP contribution in [0.4, 0.5) is 4.39 Å². The molecule has 0 amide bonds. The molecule has 3 N–H and O–H groups in total. The second kappa shape index (κ2) is 9.05. The van der Waals surface area contributed by atoms with Crippen LogP contribution in [0.1, 0.15) is 27.0 Å². The first-order valence-electron chi connectivity index (χ1n) is 9.63. The van der Waals surface area contributed by atoms with Gasteiger partial charge in [0.1, 0.15) is 18.0 Å². The van der Waals surface area contributed by atoms with E-state index >= 15 is 4.39 Å².